The Morgan fingerprint density at radius 2 is 2.32 bits per heavy atom. The van der Waals surface area contributed by atoms with E-state index in [4.69, 9.17) is 24.6 Å². The summed E-state index contributed by atoms with van der Waals surface area (Å²) in [5.41, 5.74) is -0.312. The topological polar surface area (TPSA) is 121 Å². The summed E-state index contributed by atoms with van der Waals surface area (Å²) in [7, 11) is 0. The number of ether oxygens (including phenoxy) is 3. The first-order chi connectivity index (χ1) is 9.12. The average molecular weight is 270 g/mol. The van der Waals surface area contributed by atoms with Crippen molar-refractivity contribution in [3.63, 3.8) is 0 Å². The Kier molecular flexibility index (Phi) is 3.90. The number of fused-ring (bicyclic) bond motifs is 1. The van der Waals surface area contributed by atoms with Gasteiger partial charge < -0.3 is 29.7 Å². The van der Waals surface area contributed by atoms with Crippen LogP contribution in [0, 0.1) is 11.3 Å². The summed E-state index contributed by atoms with van der Waals surface area (Å²) in [6, 6.07) is 1.69. The van der Waals surface area contributed by atoms with E-state index in [1.54, 1.807) is 13.0 Å². The van der Waals surface area contributed by atoms with Crippen LogP contribution in [0.5, 0.6) is 0 Å². The van der Waals surface area contributed by atoms with Crippen LogP contribution in [-0.2, 0) is 19.0 Å². The number of rotatable bonds is 3. The van der Waals surface area contributed by atoms with Crippen molar-refractivity contribution < 1.29 is 29.2 Å². The minimum absolute atomic E-state index is 0.200. The summed E-state index contributed by atoms with van der Waals surface area (Å²) in [4.78, 5) is 11.8. The summed E-state index contributed by atoms with van der Waals surface area (Å²) in [6.07, 6.45) is -3.87. The minimum atomic E-state index is -1.14. The average Bonchev–Trinajstić information content (AvgIpc) is 2.60. The molecule has 0 aliphatic carbocycles. The lowest BCUT2D eigenvalue weighted by atomic mass is 10.1. The van der Waals surface area contributed by atoms with Gasteiger partial charge in [-0.25, -0.2) is 0 Å². The Morgan fingerprint density at radius 1 is 1.58 bits per heavy atom. The van der Waals surface area contributed by atoms with Crippen LogP contribution in [0.25, 0.3) is 0 Å². The van der Waals surface area contributed by atoms with Crippen molar-refractivity contribution in [2.45, 2.75) is 31.5 Å². The first kappa shape index (κ1) is 13.6. The zero-order valence-electron chi connectivity index (χ0n) is 10.2. The highest BCUT2D eigenvalue weighted by atomic mass is 16.7. The number of nitriles is 1. The van der Waals surface area contributed by atoms with Crippen LogP contribution < -0.4 is 5.32 Å². The molecule has 0 aromatic rings. The molecule has 0 saturated carbocycles. The van der Waals surface area contributed by atoms with E-state index in [1.807, 2.05) is 0 Å². The highest BCUT2D eigenvalue weighted by Gasteiger charge is 2.48. The molecule has 8 nitrogen and oxygen atoms in total. The molecule has 104 valence electrons. The Morgan fingerprint density at radius 3 is 2.89 bits per heavy atom. The number of hydrogen-bond acceptors (Lipinski definition) is 7. The van der Waals surface area contributed by atoms with Gasteiger partial charge in [0.1, 0.15) is 18.3 Å². The van der Waals surface area contributed by atoms with Gasteiger partial charge in [0.2, 0.25) is 0 Å². The molecule has 1 amide bonds. The summed E-state index contributed by atoms with van der Waals surface area (Å²) < 4.78 is 15.7. The van der Waals surface area contributed by atoms with E-state index in [-0.39, 0.29) is 18.1 Å². The first-order valence-corrected chi connectivity index (χ1v) is 5.81. The summed E-state index contributed by atoms with van der Waals surface area (Å²) in [6.45, 7) is 1.46. The van der Waals surface area contributed by atoms with Gasteiger partial charge in [0.15, 0.2) is 17.9 Å². The van der Waals surface area contributed by atoms with Crippen molar-refractivity contribution in [3.8, 4) is 6.07 Å². The predicted octanol–water partition coefficient (Wildman–Crippen LogP) is -1.65. The summed E-state index contributed by atoms with van der Waals surface area (Å²) >= 11 is 0. The lowest BCUT2D eigenvalue weighted by Crippen LogP contribution is -2.43. The lowest BCUT2D eigenvalue weighted by Gasteiger charge is -2.20. The molecule has 19 heavy (non-hydrogen) atoms. The van der Waals surface area contributed by atoms with E-state index in [0.29, 0.717) is 0 Å². The number of aliphatic hydroxyl groups is 2. The van der Waals surface area contributed by atoms with Crippen LogP contribution >= 0.6 is 0 Å². The van der Waals surface area contributed by atoms with Crippen LogP contribution in [0.1, 0.15) is 6.92 Å². The Bertz CT molecular complexity index is 443. The van der Waals surface area contributed by atoms with Gasteiger partial charge >= 0.3 is 5.95 Å². The van der Waals surface area contributed by atoms with E-state index in [1.165, 1.54) is 0 Å². The Labute approximate surface area is 109 Å². The van der Waals surface area contributed by atoms with Gasteiger partial charge in [0.05, 0.1) is 13.2 Å². The van der Waals surface area contributed by atoms with Gasteiger partial charge in [-0.1, -0.05) is 0 Å². The van der Waals surface area contributed by atoms with E-state index in [2.05, 4.69) is 5.32 Å². The molecule has 4 atom stereocenters. The van der Waals surface area contributed by atoms with E-state index >= 15 is 0 Å². The van der Waals surface area contributed by atoms with Crippen molar-refractivity contribution in [3.05, 3.63) is 11.5 Å². The molecule has 2 rings (SSSR count). The fourth-order valence-electron chi connectivity index (χ4n) is 1.95. The fraction of sp³-hybridized carbons (Fsp3) is 0.636. The molecule has 2 aliphatic heterocycles. The maximum Gasteiger partial charge on any atom is 0.304 e. The van der Waals surface area contributed by atoms with Gasteiger partial charge in [-0.2, -0.15) is 5.26 Å². The van der Waals surface area contributed by atoms with E-state index in [0.717, 1.165) is 0 Å². The van der Waals surface area contributed by atoms with Crippen molar-refractivity contribution in [2.75, 3.05) is 13.2 Å². The third-order valence-corrected chi connectivity index (χ3v) is 2.85. The Balaban J connectivity index is 2.29. The molecule has 0 bridgehead atoms. The Hall–Kier alpha value is -1.82. The standard InChI is InChI=1S/C11H14N2O6/c1-2-17-11-5(3-12)9(16)13-10-8(19-11)7(15)6(4-14)18-10/h6-8,10,14-15H,2,4H2,1H3,(H,13,16)/t6-,7+,8-,10-/m0/s1. The lowest BCUT2D eigenvalue weighted by molar-refractivity contribution is -0.122. The smallest absolute Gasteiger partial charge is 0.304 e. The molecule has 2 heterocycles. The van der Waals surface area contributed by atoms with Gasteiger partial charge in [-0.05, 0) is 6.92 Å². The predicted molar refractivity (Wildman–Crippen MR) is 59.0 cm³/mol. The number of carbonyl (C=O) groups excluding carboxylic acids is 1. The highest BCUT2D eigenvalue weighted by molar-refractivity contribution is 5.97. The monoisotopic (exact) mass is 270 g/mol. The molecule has 8 heteroatoms. The molecule has 0 aromatic heterocycles. The number of nitrogens with zero attached hydrogens (tertiary/aromatic N) is 1. The molecule has 0 unspecified atom stereocenters. The molecule has 3 N–H and O–H groups in total. The van der Waals surface area contributed by atoms with E-state index < -0.39 is 37.1 Å². The van der Waals surface area contributed by atoms with Crippen LogP contribution in [0.2, 0.25) is 0 Å². The number of hydrogen-bond donors (Lipinski definition) is 3. The molecular weight excluding hydrogens is 256 g/mol. The molecule has 0 spiro atoms. The molecule has 1 saturated heterocycles. The summed E-state index contributed by atoms with van der Waals surface area (Å²) in [5, 5.41) is 30.3. The second kappa shape index (κ2) is 5.44. The van der Waals surface area contributed by atoms with Crippen molar-refractivity contribution in [1.29, 1.82) is 5.26 Å². The van der Waals surface area contributed by atoms with E-state index in [9.17, 15) is 9.90 Å². The zero-order valence-corrected chi connectivity index (χ0v) is 10.2. The number of aliphatic hydroxyl groups excluding tert-OH is 2. The third-order valence-electron chi connectivity index (χ3n) is 2.85. The minimum Gasteiger partial charge on any atom is -0.465 e. The second-order valence-electron chi connectivity index (χ2n) is 4.03. The SMILES string of the molecule is CCOC1=C(C#N)C(=O)N[C@H]2O[C@@H](CO)[C@@H](O)[C@@H]2O1. The number of nitrogens with one attached hydrogen (secondary N) is 1. The van der Waals surface area contributed by atoms with Crippen LogP contribution in [-0.4, -0.2) is 53.9 Å². The zero-order chi connectivity index (χ0) is 14.0. The maximum absolute atomic E-state index is 11.8. The first-order valence-electron chi connectivity index (χ1n) is 5.81. The quantitative estimate of drug-likeness (QED) is 0.561. The molecule has 0 aromatic carbocycles. The molecule has 1 fully saturated rings. The van der Waals surface area contributed by atoms with Crippen molar-refractivity contribution in [2.24, 2.45) is 0 Å². The van der Waals surface area contributed by atoms with Crippen LogP contribution in [0.15, 0.2) is 11.5 Å². The van der Waals surface area contributed by atoms with Gasteiger partial charge in [0, 0.05) is 0 Å². The van der Waals surface area contributed by atoms with Gasteiger partial charge in [-0.3, -0.25) is 4.79 Å². The molecule has 2 aliphatic rings. The largest absolute Gasteiger partial charge is 0.465 e. The third kappa shape index (κ3) is 2.35. The molecule has 0 radical (unpaired) electrons. The van der Waals surface area contributed by atoms with Crippen molar-refractivity contribution >= 4 is 5.91 Å². The second-order valence-corrected chi connectivity index (χ2v) is 4.03. The molecular formula is C11H14N2O6. The summed E-state index contributed by atoms with van der Waals surface area (Å²) in [5.74, 6) is -0.944. The van der Waals surface area contributed by atoms with Crippen LogP contribution in [0.4, 0.5) is 0 Å². The van der Waals surface area contributed by atoms with Gasteiger partial charge in [-0.15, -0.1) is 0 Å². The number of amides is 1. The normalized spacial score (nSPS) is 33.9. The van der Waals surface area contributed by atoms with Crippen molar-refractivity contribution in [1.82, 2.24) is 5.32 Å². The number of carbonyl (C=O) groups is 1. The van der Waals surface area contributed by atoms with Crippen LogP contribution in [0.3, 0.4) is 0 Å². The highest BCUT2D eigenvalue weighted by Crippen LogP contribution is 2.28. The van der Waals surface area contributed by atoms with Gasteiger partial charge in [0.25, 0.3) is 5.91 Å². The maximum atomic E-state index is 11.8. The fourth-order valence-corrected chi connectivity index (χ4v) is 1.95.